The summed E-state index contributed by atoms with van der Waals surface area (Å²) in [6.45, 7) is 0.628. The van der Waals surface area contributed by atoms with Gasteiger partial charge in [-0.2, -0.15) is 0 Å². The van der Waals surface area contributed by atoms with Gasteiger partial charge in [-0.15, -0.1) is 11.8 Å². The Labute approximate surface area is 243 Å². The summed E-state index contributed by atoms with van der Waals surface area (Å²) < 4.78 is 5.63. The highest BCUT2D eigenvalue weighted by Crippen LogP contribution is 2.42. The summed E-state index contributed by atoms with van der Waals surface area (Å²) in [4.78, 5) is 44.9. The van der Waals surface area contributed by atoms with Crippen molar-refractivity contribution in [1.29, 1.82) is 0 Å². The molecule has 2 atom stereocenters. The lowest BCUT2D eigenvalue weighted by molar-refractivity contribution is -0.120. The molecule has 0 spiro atoms. The number of amides is 3. The lowest BCUT2D eigenvalue weighted by atomic mass is 10.1. The fourth-order valence-corrected chi connectivity index (χ4v) is 5.93. The van der Waals surface area contributed by atoms with E-state index in [1.807, 2.05) is 72.8 Å². The molecule has 8 nitrogen and oxygen atoms in total. The second-order valence-electron chi connectivity index (χ2n) is 9.49. The molecule has 0 radical (unpaired) electrons. The Morgan fingerprint density at radius 2 is 1.51 bits per heavy atom. The van der Waals surface area contributed by atoms with Crippen LogP contribution in [0.4, 0.5) is 10.5 Å². The first-order valence-corrected chi connectivity index (χ1v) is 14.4. The zero-order valence-corrected chi connectivity index (χ0v) is 23.1. The minimum Gasteiger partial charge on any atom is -0.444 e. The number of nitrogens with one attached hydrogen (secondary N) is 2. The van der Waals surface area contributed by atoms with Crippen LogP contribution in [0.3, 0.4) is 0 Å². The summed E-state index contributed by atoms with van der Waals surface area (Å²) in [5.74, 6) is -0.106. The molecule has 1 aliphatic heterocycles. The van der Waals surface area contributed by atoms with Crippen LogP contribution in [0.25, 0.3) is 0 Å². The van der Waals surface area contributed by atoms with Gasteiger partial charge in [0.25, 0.3) is 5.91 Å². The lowest BCUT2D eigenvalue weighted by Gasteiger charge is -2.28. The van der Waals surface area contributed by atoms with Gasteiger partial charge in [0.1, 0.15) is 18.0 Å². The van der Waals surface area contributed by atoms with Gasteiger partial charge in [0.2, 0.25) is 5.91 Å². The molecule has 2 N–H and O–H groups in total. The molecule has 4 aromatic rings. The quantitative estimate of drug-likeness (QED) is 0.280. The van der Waals surface area contributed by atoms with Crippen LogP contribution in [-0.2, 0) is 22.6 Å². The minimum atomic E-state index is -0.748. The maximum atomic E-state index is 13.4. The molecule has 0 aliphatic carbocycles. The Balaban J connectivity index is 1.22. The first-order valence-electron chi connectivity index (χ1n) is 13.3. The van der Waals surface area contributed by atoms with Gasteiger partial charge in [0.15, 0.2) is 0 Å². The van der Waals surface area contributed by atoms with Crippen LogP contribution in [0.2, 0.25) is 0 Å². The van der Waals surface area contributed by atoms with Gasteiger partial charge in [-0.25, -0.2) is 4.79 Å². The fourth-order valence-electron chi connectivity index (χ4n) is 4.51. The van der Waals surface area contributed by atoms with Crippen LogP contribution in [0, 0.1) is 0 Å². The molecule has 1 unspecified atom stereocenters. The summed E-state index contributed by atoms with van der Waals surface area (Å²) >= 11 is 1.50. The van der Waals surface area contributed by atoms with E-state index in [9.17, 15) is 14.4 Å². The predicted molar refractivity (Wildman–Crippen MR) is 159 cm³/mol. The molecular formula is C32H30N4O4S. The third-order valence-electron chi connectivity index (χ3n) is 6.67. The van der Waals surface area contributed by atoms with Gasteiger partial charge >= 0.3 is 6.09 Å². The second-order valence-corrected chi connectivity index (χ2v) is 10.6. The third-order valence-corrected chi connectivity index (χ3v) is 7.99. The average molecular weight is 567 g/mol. The standard InChI is InChI=1S/C32H30N4O4S/c37-29(34-20-15-23-7-3-1-4-8-23)25-11-13-27(14-12-25)35-30(38)28-22-41-31(26-16-18-33-19-17-26)36(28)32(39)40-21-24-9-5-2-6-10-24/h1-14,16-19,28,31H,15,20-22H2,(H,34,37)(H,35,38)/t28-,31?/m0/s1. The number of anilines is 1. The van der Waals surface area contributed by atoms with Crippen molar-refractivity contribution in [1.82, 2.24) is 15.2 Å². The molecule has 1 aromatic heterocycles. The van der Waals surface area contributed by atoms with Crippen LogP contribution >= 0.6 is 11.8 Å². The van der Waals surface area contributed by atoms with E-state index in [1.165, 1.54) is 16.7 Å². The fraction of sp³-hybridized carbons (Fsp3) is 0.188. The van der Waals surface area contributed by atoms with Crippen LogP contribution in [-0.4, -0.2) is 46.1 Å². The molecule has 1 saturated heterocycles. The number of aromatic nitrogens is 1. The maximum Gasteiger partial charge on any atom is 0.412 e. The molecule has 2 heterocycles. The van der Waals surface area contributed by atoms with Gasteiger partial charge in [-0.3, -0.25) is 19.5 Å². The molecule has 208 valence electrons. The van der Waals surface area contributed by atoms with Crippen LogP contribution < -0.4 is 10.6 Å². The van der Waals surface area contributed by atoms with Crippen molar-refractivity contribution in [2.24, 2.45) is 0 Å². The highest BCUT2D eigenvalue weighted by atomic mass is 32.2. The van der Waals surface area contributed by atoms with Gasteiger partial charge < -0.3 is 15.4 Å². The SMILES string of the molecule is O=C(NCCc1ccccc1)c1ccc(NC(=O)[C@@H]2CSC(c3ccncc3)N2C(=O)OCc2ccccc2)cc1. The van der Waals surface area contributed by atoms with E-state index in [4.69, 9.17) is 4.74 Å². The lowest BCUT2D eigenvalue weighted by Crippen LogP contribution is -2.45. The number of ether oxygens (including phenoxy) is 1. The molecule has 9 heteroatoms. The average Bonchev–Trinajstić information content (AvgIpc) is 3.47. The molecule has 5 rings (SSSR count). The smallest absolute Gasteiger partial charge is 0.412 e. The van der Waals surface area contributed by atoms with Crippen molar-refractivity contribution < 1.29 is 19.1 Å². The monoisotopic (exact) mass is 566 g/mol. The van der Waals surface area contributed by atoms with Crippen molar-refractivity contribution >= 4 is 35.4 Å². The number of rotatable bonds is 9. The van der Waals surface area contributed by atoms with Crippen molar-refractivity contribution in [2.75, 3.05) is 17.6 Å². The summed E-state index contributed by atoms with van der Waals surface area (Å²) in [7, 11) is 0. The van der Waals surface area contributed by atoms with Crippen molar-refractivity contribution in [3.05, 3.63) is 132 Å². The maximum absolute atomic E-state index is 13.4. The number of nitrogens with zero attached hydrogens (tertiary/aromatic N) is 2. The van der Waals surface area contributed by atoms with Crippen molar-refractivity contribution in [2.45, 2.75) is 24.4 Å². The first kappa shape index (κ1) is 27.9. The largest absolute Gasteiger partial charge is 0.444 e. The molecule has 41 heavy (non-hydrogen) atoms. The molecule has 1 aliphatic rings. The number of hydrogen-bond donors (Lipinski definition) is 2. The van der Waals surface area contributed by atoms with Gasteiger partial charge in [-0.1, -0.05) is 60.7 Å². The number of hydrogen-bond acceptors (Lipinski definition) is 6. The van der Waals surface area contributed by atoms with Gasteiger partial charge in [0, 0.05) is 35.9 Å². The molecule has 3 aromatic carbocycles. The Morgan fingerprint density at radius 3 is 2.20 bits per heavy atom. The molecule has 1 fully saturated rings. The summed E-state index contributed by atoms with van der Waals surface area (Å²) in [5, 5.41) is 5.43. The Hall–Kier alpha value is -4.63. The number of carbonyl (C=O) groups excluding carboxylic acids is 3. The summed E-state index contributed by atoms with van der Waals surface area (Å²) in [5.41, 5.74) is 3.90. The molecule has 0 bridgehead atoms. The van der Waals surface area contributed by atoms with E-state index >= 15 is 0 Å². The number of carbonyl (C=O) groups is 3. The zero-order chi connectivity index (χ0) is 28.4. The second kappa shape index (κ2) is 13.6. The Kier molecular flexibility index (Phi) is 9.28. The summed E-state index contributed by atoms with van der Waals surface area (Å²) in [6.07, 6.45) is 3.50. The normalized spacial score (nSPS) is 16.1. The number of thioether (sulfide) groups is 1. The Bertz CT molecular complexity index is 1450. The molecule has 3 amide bonds. The predicted octanol–water partition coefficient (Wildman–Crippen LogP) is 5.45. The third kappa shape index (κ3) is 7.32. The molecule has 0 saturated carbocycles. The highest BCUT2D eigenvalue weighted by Gasteiger charge is 2.43. The number of pyridine rings is 1. The summed E-state index contributed by atoms with van der Waals surface area (Å²) in [6, 6.07) is 29.0. The van der Waals surface area contributed by atoms with E-state index in [1.54, 1.807) is 36.7 Å². The van der Waals surface area contributed by atoms with Crippen LogP contribution in [0.1, 0.15) is 32.4 Å². The molecular weight excluding hydrogens is 536 g/mol. The topological polar surface area (TPSA) is 101 Å². The van der Waals surface area contributed by atoms with Crippen LogP contribution in [0.5, 0.6) is 0 Å². The number of benzene rings is 3. The van der Waals surface area contributed by atoms with E-state index in [0.29, 0.717) is 23.5 Å². The highest BCUT2D eigenvalue weighted by molar-refractivity contribution is 7.99. The van der Waals surface area contributed by atoms with Crippen molar-refractivity contribution in [3.8, 4) is 0 Å². The minimum absolute atomic E-state index is 0.104. The van der Waals surface area contributed by atoms with E-state index < -0.39 is 12.1 Å². The first-order chi connectivity index (χ1) is 20.1. The van der Waals surface area contributed by atoms with E-state index in [0.717, 1.165) is 23.1 Å². The van der Waals surface area contributed by atoms with Gasteiger partial charge in [0.05, 0.1) is 0 Å². The van der Waals surface area contributed by atoms with Gasteiger partial charge in [-0.05, 0) is 59.5 Å². The zero-order valence-electron chi connectivity index (χ0n) is 22.3. The van der Waals surface area contributed by atoms with Crippen LogP contribution in [0.15, 0.2) is 109 Å². The van der Waals surface area contributed by atoms with E-state index in [2.05, 4.69) is 15.6 Å². The Morgan fingerprint density at radius 1 is 0.854 bits per heavy atom. The van der Waals surface area contributed by atoms with E-state index in [-0.39, 0.29) is 23.8 Å². The van der Waals surface area contributed by atoms with Crippen molar-refractivity contribution in [3.63, 3.8) is 0 Å².